The summed E-state index contributed by atoms with van der Waals surface area (Å²) in [6.45, 7) is 1.23. The van der Waals surface area contributed by atoms with E-state index in [1.807, 2.05) is 12.1 Å². The lowest BCUT2D eigenvalue weighted by molar-refractivity contribution is -0.161. The summed E-state index contributed by atoms with van der Waals surface area (Å²) >= 11 is 5.87. The molecule has 3 nitrogen and oxygen atoms in total. The summed E-state index contributed by atoms with van der Waals surface area (Å²) in [5.74, 6) is -1.21. The number of esters is 1. The standard InChI is InChI=1S/C16H19ClF3NO2/c1-2-23-15(22)14-9-21(10-16(18,19)20)8-7-13(14)11-3-5-12(17)6-4-11/h3-6,13-14H,2,7-10H2,1H3/t13?,14-/m1/s1. The largest absolute Gasteiger partial charge is 0.466 e. The molecule has 128 valence electrons. The maximum absolute atomic E-state index is 12.6. The van der Waals surface area contributed by atoms with Gasteiger partial charge >= 0.3 is 12.1 Å². The number of nitrogens with zero attached hydrogens (tertiary/aromatic N) is 1. The third-order valence-corrected chi connectivity index (χ3v) is 4.24. The minimum absolute atomic E-state index is 0.0473. The Labute approximate surface area is 138 Å². The molecular formula is C16H19ClF3NO2. The second kappa shape index (κ2) is 7.53. The highest BCUT2D eigenvalue weighted by Crippen LogP contribution is 2.35. The fourth-order valence-electron chi connectivity index (χ4n) is 3.01. The van der Waals surface area contributed by atoms with Gasteiger partial charge in [-0.2, -0.15) is 13.2 Å². The van der Waals surface area contributed by atoms with Crippen LogP contribution in [0.4, 0.5) is 13.2 Å². The van der Waals surface area contributed by atoms with Crippen molar-refractivity contribution in [1.82, 2.24) is 4.90 Å². The zero-order chi connectivity index (χ0) is 17.0. The number of carbonyl (C=O) groups excluding carboxylic acids is 1. The van der Waals surface area contributed by atoms with Gasteiger partial charge in [-0.1, -0.05) is 23.7 Å². The van der Waals surface area contributed by atoms with Crippen molar-refractivity contribution >= 4 is 17.6 Å². The highest BCUT2D eigenvalue weighted by molar-refractivity contribution is 6.30. The monoisotopic (exact) mass is 349 g/mol. The van der Waals surface area contributed by atoms with Crippen LogP contribution in [0, 0.1) is 5.92 Å². The van der Waals surface area contributed by atoms with Crippen LogP contribution in [-0.4, -0.2) is 43.3 Å². The van der Waals surface area contributed by atoms with Gasteiger partial charge in [-0.05, 0) is 43.5 Å². The maximum Gasteiger partial charge on any atom is 0.401 e. The highest BCUT2D eigenvalue weighted by atomic mass is 35.5. The Kier molecular flexibility index (Phi) is 5.92. The summed E-state index contributed by atoms with van der Waals surface area (Å²) in [4.78, 5) is 13.5. The molecule has 0 saturated carbocycles. The first-order chi connectivity index (χ1) is 10.8. The van der Waals surface area contributed by atoms with E-state index in [1.165, 1.54) is 4.90 Å². The van der Waals surface area contributed by atoms with Crippen LogP contribution in [0.3, 0.4) is 0 Å². The minimum Gasteiger partial charge on any atom is -0.466 e. The van der Waals surface area contributed by atoms with Gasteiger partial charge in [-0.3, -0.25) is 9.69 Å². The average molecular weight is 350 g/mol. The van der Waals surface area contributed by atoms with Crippen LogP contribution in [0.1, 0.15) is 24.8 Å². The molecule has 1 unspecified atom stereocenters. The lowest BCUT2D eigenvalue weighted by Crippen LogP contribution is -2.46. The van der Waals surface area contributed by atoms with Crippen molar-refractivity contribution in [3.63, 3.8) is 0 Å². The van der Waals surface area contributed by atoms with Crippen molar-refractivity contribution < 1.29 is 22.7 Å². The second-order valence-corrected chi connectivity index (χ2v) is 6.09. The number of piperidine rings is 1. The van der Waals surface area contributed by atoms with Gasteiger partial charge in [0.1, 0.15) is 0 Å². The molecule has 0 radical (unpaired) electrons. The lowest BCUT2D eigenvalue weighted by atomic mass is 9.80. The molecule has 1 aliphatic rings. The molecule has 0 aliphatic carbocycles. The van der Waals surface area contributed by atoms with Crippen LogP contribution in [0.2, 0.25) is 5.02 Å². The molecule has 7 heteroatoms. The summed E-state index contributed by atoms with van der Waals surface area (Å²) in [6.07, 6.45) is -3.80. The highest BCUT2D eigenvalue weighted by Gasteiger charge is 2.40. The van der Waals surface area contributed by atoms with Gasteiger partial charge in [0, 0.05) is 11.6 Å². The SMILES string of the molecule is CCOC(=O)[C@@H]1CN(CC(F)(F)F)CCC1c1ccc(Cl)cc1. The van der Waals surface area contributed by atoms with Crippen molar-refractivity contribution in [3.8, 4) is 0 Å². The van der Waals surface area contributed by atoms with E-state index in [2.05, 4.69) is 0 Å². The fourth-order valence-corrected chi connectivity index (χ4v) is 3.14. The normalized spacial score (nSPS) is 22.8. The summed E-state index contributed by atoms with van der Waals surface area (Å²) in [7, 11) is 0. The Bertz CT molecular complexity index is 533. The topological polar surface area (TPSA) is 29.5 Å². The summed E-state index contributed by atoms with van der Waals surface area (Å²) in [6, 6.07) is 7.08. The van der Waals surface area contributed by atoms with Gasteiger partial charge in [0.05, 0.1) is 19.1 Å². The van der Waals surface area contributed by atoms with Crippen molar-refractivity contribution in [2.24, 2.45) is 5.92 Å². The minimum atomic E-state index is -4.27. The van der Waals surface area contributed by atoms with Gasteiger partial charge in [0.2, 0.25) is 0 Å². The number of carbonyl (C=O) groups is 1. The van der Waals surface area contributed by atoms with Crippen LogP contribution in [0.15, 0.2) is 24.3 Å². The number of hydrogen-bond acceptors (Lipinski definition) is 3. The van der Waals surface area contributed by atoms with E-state index >= 15 is 0 Å². The molecule has 1 aromatic rings. The number of halogens is 4. The van der Waals surface area contributed by atoms with Crippen molar-refractivity contribution in [1.29, 1.82) is 0 Å². The van der Waals surface area contributed by atoms with E-state index in [1.54, 1.807) is 19.1 Å². The fraction of sp³-hybridized carbons (Fsp3) is 0.562. The number of likely N-dealkylation sites (tertiary alicyclic amines) is 1. The molecule has 0 aromatic heterocycles. The van der Waals surface area contributed by atoms with E-state index < -0.39 is 24.6 Å². The van der Waals surface area contributed by atoms with E-state index in [0.717, 1.165) is 5.56 Å². The molecule has 1 aliphatic heterocycles. The zero-order valence-corrected chi connectivity index (χ0v) is 13.5. The zero-order valence-electron chi connectivity index (χ0n) is 12.8. The number of benzene rings is 1. The Morgan fingerprint density at radius 2 is 2.00 bits per heavy atom. The molecule has 23 heavy (non-hydrogen) atoms. The summed E-state index contributed by atoms with van der Waals surface area (Å²) in [5.41, 5.74) is 0.902. The van der Waals surface area contributed by atoms with Gasteiger partial charge in [-0.15, -0.1) is 0 Å². The Balaban J connectivity index is 2.17. The molecular weight excluding hydrogens is 331 g/mol. The van der Waals surface area contributed by atoms with Crippen LogP contribution in [0.5, 0.6) is 0 Å². The third-order valence-electron chi connectivity index (χ3n) is 3.99. The quantitative estimate of drug-likeness (QED) is 0.773. The predicted molar refractivity (Wildman–Crippen MR) is 81.4 cm³/mol. The maximum atomic E-state index is 12.6. The molecule has 0 bridgehead atoms. The second-order valence-electron chi connectivity index (χ2n) is 5.66. The molecule has 1 aromatic carbocycles. The number of alkyl halides is 3. The molecule has 2 atom stereocenters. The van der Waals surface area contributed by atoms with Crippen molar-refractivity contribution in [2.75, 3.05) is 26.2 Å². The number of hydrogen-bond donors (Lipinski definition) is 0. The third kappa shape index (κ3) is 5.11. The molecule has 0 spiro atoms. The van der Waals surface area contributed by atoms with Gasteiger partial charge in [0.25, 0.3) is 0 Å². The Hall–Kier alpha value is -1.27. The molecule has 1 fully saturated rings. The van der Waals surface area contributed by atoms with Crippen LogP contribution in [-0.2, 0) is 9.53 Å². The predicted octanol–water partition coefficient (Wildman–Crippen LogP) is 3.87. The molecule has 1 saturated heterocycles. The Morgan fingerprint density at radius 3 is 2.57 bits per heavy atom. The van der Waals surface area contributed by atoms with E-state index in [0.29, 0.717) is 18.0 Å². The smallest absolute Gasteiger partial charge is 0.401 e. The van der Waals surface area contributed by atoms with Crippen LogP contribution >= 0.6 is 11.6 Å². The number of ether oxygens (including phenoxy) is 1. The van der Waals surface area contributed by atoms with E-state index in [4.69, 9.17) is 16.3 Å². The summed E-state index contributed by atoms with van der Waals surface area (Å²) in [5, 5.41) is 0.580. The van der Waals surface area contributed by atoms with Gasteiger partial charge < -0.3 is 4.74 Å². The van der Waals surface area contributed by atoms with Gasteiger partial charge in [-0.25, -0.2) is 0 Å². The molecule has 0 N–H and O–H groups in total. The van der Waals surface area contributed by atoms with Crippen molar-refractivity contribution in [2.45, 2.75) is 25.4 Å². The average Bonchev–Trinajstić information content (AvgIpc) is 2.47. The summed E-state index contributed by atoms with van der Waals surface area (Å²) < 4.78 is 42.9. The molecule has 1 heterocycles. The first kappa shape index (κ1) is 18.1. The number of rotatable bonds is 4. The first-order valence-electron chi connectivity index (χ1n) is 7.51. The molecule has 2 rings (SSSR count). The van der Waals surface area contributed by atoms with E-state index in [-0.39, 0.29) is 19.1 Å². The van der Waals surface area contributed by atoms with Crippen LogP contribution in [0.25, 0.3) is 0 Å². The lowest BCUT2D eigenvalue weighted by Gasteiger charge is -2.37. The molecule has 0 amide bonds. The van der Waals surface area contributed by atoms with Crippen LogP contribution < -0.4 is 0 Å². The van der Waals surface area contributed by atoms with E-state index in [9.17, 15) is 18.0 Å². The Morgan fingerprint density at radius 1 is 1.35 bits per heavy atom. The first-order valence-corrected chi connectivity index (χ1v) is 7.89. The van der Waals surface area contributed by atoms with Gasteiger partial charge in [0.15, 0.2) is 0 Å². The van der Waals surface area contributed by atoms with Crippen molar-refractivity contribution in [3.05, 3.63) is 34.9 Å².